The molecule has 1 aliphatic rings. The quantitative estimate of drug-likeness (QED) is 0.179. The van der Waals surface area contributed by atoms with Crippen LogP contribution in [0.5, 0.6) is 0 Å². The molecule has 228 valence electrons. The average Bonchev–Trinajstić information content (AvgIpc) is 0.709. The van der Waals surface area contributed by atoms with Crippen molar-refractivity contribution in [3.05, 3.63) is 186 Å². The van der Waals surface area contributed by atoms with Crippen LogP contribution in [0.4, 0.5) is 17.1 Å². The van der Waals surface area contributed by atoms with Gasteiger partial charge in [-0.3, -0.25) is 0 Å². The van der Waals surface area contributed by atoms with E-state index in [1.54, 1.807) is 0 Å². The summed E-state index contributed by atoms with van der Waals surface area (Å²) in [5.41, 5.74) is -17.4. The van der Waals surface area contributed by atoms with Crippen LogP contribution in [0.25, 0.3) is 54.9 Å². The van der Waals surface area contributed by atoms with Gasteiger partial charge in [0.15, 0.2) is 0 Å². The second-order valence-electron chi connectivity index (χ2n) is 10.3. The predicted molar refractivity (Wildman–Crippen MR) is 205 cm³/mol. The van der Waals surface area contributed by atoms with Crippen LogP contribution < -0.4 is 4.90 Å². The van der Waals surface area contributed by atoms with E-state index in [2.05, 4.69) is 0 Å². The molecule has 0 fully saturated rings. The highest BCUT2D eigenvalue weighted by Crippen LogP contribution is 2.54. The van der Waals surface area contributed by atoms with Crippen LogP contribution in [0, 0.1) is 0 Å². The number of rotatable bonds is 5. The van der Waals surface area contributed by atoms with Gasteiger partial charge in [-0.05, 0) is 96.7 Å². The summed E-state index contributed by atoms with van der Waals surface area (Å²) >= 11 is 0. The number of hydrogen-bond donors (Lipinski definition) is 0. The highest BCUT2D eigenvalue weighted by Gasteiger charge is 2.36. The molecule has 1 nitrogen and oxygen atoms in total. The molecule has 1 heteroatoms. The average molecular weight is 649 g/mol. The van der Waals surface area contributed by atoms with E-state index in [0.717, 1.165) is 0 Å². The van der Waals surface area contributed by atoms with Crippen molar-refractivity contribution in [3.63, 3.8) is 0 Å². The first-order chi connectivity index (χ1) is 38.2. The summed E-state index contributed by atoms with van der Waals surface area (Å²) in [4.78, 5) is 0.244. The Kier molecular flexibility index (Phi) is 2.27. The van der Waals surface area contributed by atoms with Gasteiger partial charge in [-0.25, -0.2) is 0 Å². The lowest BCUT2D eigenvalue weighted by molar-refractivity contribution is 0.645. The summed E-state index contributed by atoms with van der Waals surface area (Å²) in [5.74, 6) is 0. The fourth-order valence-corrected chi connectivity index (χ4v) is 5.38. The van der Waals surface area contributed by atoms with E-state index in [0.29, 0.717) is 0 Å². The van der Waals surface area contributed by atoms with E-state index in [9.17, 15) is 27.4 Å². The zero-order chi connectivity index (χ0) is 62.5. The van der Waals surface area contributed by atoms with Crippen LogP contribution in [0.1, 0.15) is 72.8 Å². The molecule has 0 heterocycles. The van der Waals surface area contributed by atoms with Crippen molar-refractivity contribution in [2.24, 2.45) is 0 Å². The molecule has 0 saturated heterocycles. The van der Waals surface area contributed by atoms with Gasteiger partial charge in [0.2, 0.25) is 0 Å². The van der Waals surface area contributed by atoms with Crippen molar-refractivity contribution in [2.45, 2.75) is 19.1 Å². The van der Waals surface area contributed by atoms with Crippen LogP contribution >= 0.6 is 0 Å². The fraction of sp³-hybridized carbons (Fsp3) is 0.0638. The van der Waals surface area contributed by atoms with Crippen molar-refractivity contribution in [1.82, 2.24) is 0 Å². The molecule has 0 N–H and O–H groups in total. The topological polar surface area (TPSA) is 3.24 Å². The summed E-state index contributed by atoms with van der Waals surface area (Å²) in [5, 5.41) is -3.90. The molecule has 0 unspecified atom stereocenters. The Morgan fingerprint density at radius 1 is 0.458 bits per heavy atom. The van der Waals surface area contributed by atoms with Gasteiger partial charge in [-0.1, -0.05) is 153 Å². The standard InChI is InChI=1S/C47H35N/c1-47(2)42-19-11-18-36-24-29-44(46(45(36)42)41-28-23-38(31-43(41)47)33-14-7-4-8-15-33)48(40-27-22-34-16-9-10-17-37(34)30-40)39-25-20-35(21-26-39)32-12-5-3-6-13-32/h3-31H,1-2H3/i1D3,2D3,3D,4D,5D,6D,7D,8D,9D,10D,11D,12D,13D,14D,15D,16D,17D,18D,19D,20D,21D,22D,23D,24D,25D,26D,27D,28D,29D,30D,31D. The predicted octanol–water partition coefficient (Wildman–Crippen LogP) is 13.1. The largest absolute Gasteiger partial charge is 0.310 e. The molecule has 0 aromatic heterocycles. The molecule has 0 saturated carbocycles. The third kappa shape index (κ3) is 4.54. The lowest BCUT2D eigenvalue weighted by Gasteiger charge is -2.38. The maximum atomic E-state index is 9.96. The van der Waals surface area contributed by atoms with Crippen LogP contribution in [0.3, 0.4) is 0 Å². The highest BCUT2D eigenvalue weighted by molar-refractivity contribution is 6.10. The lowest BCUT2D eigenvalue weighted by Crippen LogP contribution is -2.24. The molecular formula is C47H35N. The summed E-state index contributed by atoms with van der Waals surface area (Å²) in [6.45, 7) is -8.42. The van der Waals surface area contributed by atoms with Crippen molar-refractivity contribution in [2.75, 3.05) is 4.90 Å². The lowest BCUT2D eigenvalue weighted by atomic mass is 9.67. The van der Waals surface area contributed by atoms with E-state index in [-0.39, 0.29) is 4.90 Å². The van der Waals surface area contributed by atoms with Crippen LogP contribution in [-0.4, -0.2) is 0 Å². The molecule has 1 aliphatic carbocycles. The van der Waals surface area contributed by atoms with Crippen molar-refractivity contribution >= 4 is 38.6 Å². The van der Waals surface area contributed by atoms with Crippen molar-refractivity contribution < 1.29 is 48.0 Å². The molecule has 0 atom stereocenters. The van der Waals surface area contributed by atoms with Gasteiger partial charge in [0.05, 0.1) is 45.4 Å². The zero-order valence-electron chi connectivity index (χ0n) is 58.9. The van der Waals surface area contributed by atoms with E-state index in [1.165, 1.54) is 0 Å². The third-order valence-corrected chi connectivity index (χ3v) is 7.50. The molecule has 0 amide bonds. The molecule has 9 rings (SSSR count). The summed E-state index contributed by atoms with van der Waals surface area (Å²) in [6.07, 6.45) is 0. The Morgan fingerprint density at radius 3 is 1.81 bits per heavy atom. The molecule has 8 aromatic rings. The summed E-state index contributed by atoms with van der Waals surface area (Å²) < 4.78 is 319. The van der Waals surface area contributed by atoms with Gasteiger partial charge < -0.3 is 4.90 Å². The van der Waals surface area contributed by atoms with E-state index >= 15 is 0 Å². The van der Waals surface area contributed by atoms with Crippen LogP contribution in [-0.2, 0) is 5.41 Å². The molecule has 0 aliphatic heterocycles. The van der Waals surface area contributed by atoms with Crippen LogP contribution in [0.2, 0.25) is 0 Å². The maximum Gasteiger partial charge on any atom is 0.0651 e. The molecule has 0 radical (unpaired) electrons. The highest BCUT2D eigenvalue weighted by atomic mass is 15.1. The second kappa shape index (κ2) is 11.1. The minimum Gasteiger partial charge on any atom is -0.310 e. The van der Waals surface area contributed by atoms with Crippen molar-refractivity contribution in [1.29, 1.82) is 0 Å². The Bertz CT molecular complexity index is 4240. The van der Waals surface area contributed by atoms with Gasteiger partial charge in [0.1, 0.15) is 0 Å². The first-order valence-corrected chi connectivity index (χ1v) is 13.9. The molecule has 48 heavy (non-hydrogen) atoms. The maximum absolute atomic E-state index is 9.96. The number of fused-ring (bicyclic) bond motifs is 3. The van der Waals surface area contributed by atoms with E-state index < -0.39 is 277 Å². The number of hydrogen-bond acceptors (Lipinski definition) is 1. The normalized spacial score (nSPS) is 23.8. The van der Waals surface area contributed by atoms with Gasteiger partial charge in [0, 0.05) is 30.6 Å². The molecule has 0 bridgehead atoms. The minimum absolute atomic E-state index is 0.244. The number of anilines is 3. The minimum atomic E-state index is -4.21. The second-order valence-corrected chi connectivity index (χ2v) is 10.3. The number of benzene rings is 8. The number of nitrogens with zero attached hydrogens (tertiary/aromatic N) is 1. The Labute approximate surface area is 331 Å². The smallest absolute Gasteiger partial charge is 0.0651 e. The Hall–Kier alpha value is -5.92. The zero-order valence-corrected chi connectivity index (χ0v) is 23.9. The fourth-order valence-electron chi connectivity index (χ4n) is 5.38. The molecule has 0 spiro atoms. The molecular weight excluding hydrogens is 579 g/mol. The summed E-state index contributed by atoms with van der Waals surface area (Å²) in [6, 6.07) is -35.0. The first-order valence-electron chi connectivity index (χ1n) is 31.4. The van der Waals surface area contributed by atoms with Crippen molar-refractivity contribution in [3.8, 4) is 33.4 Å². The van der Waals surface area contributed by atoms with Gasteiger partial charge in [0.25, 0.3) is 0 Å². The van der Waals surface area contributed by atoms with Gasteiger partial charge in [-0.2, -0.15) is 0 Å². The third-order valence-electron chi connectivity index (χ3n) is 7.50. The van der Waals surface area contributed by atoms with E-state index in [4.69, 9.17) is 20.6 Å². The Morgan fingerprint density at radius 2 is 1.06 bits per heavy atom. The summed E-state index contributed by atoms with van der Waals surface area (Å²) in [7, 11) is 0. The monoisotopic (exact) mass is 648 g/mol. The Balaban J connectivity index is 1.68. The van der Waals surface area contributed by atoms with E-state index in [1.807, 2.05) is 0 Å². The van der Waals surface area contributed by atoms with Gasteiger partial charge in [-0.15, -0.1) is 0 Å². The van der Waals surface area contributed by atoms with Gasteiger partial charge >= 0.3 is 0 Å². The first kappa shape index (κ1) is 9.81. The molecule has 8 aromatic carbocycles. The van der Waals surface area contributed by atoms with Crippen LogP contribution in [0.15, 0.2) is 175 Å². The SMILES string of the molecule is [2H]c1c([2H])c([2H])c(-c2c([2H])c([2H])c(N(c3c([2H])c([2H])c4c([2H])c([2H])c([2H])c([2H])c4c3[2H])c3c([2H])c([2H])c4c([2H])c([2H])c([2H])c5c4c3-c3c([2H])c([2H])c(-c4c([2H])c([2H])c([2H])c([2H])c4[2H])c([2H])c3C5(C([2H])([2H])[2H])C([2H])([2H])[2H])c([2H])c2[2H])c([2H])c1[2H].